The zero-order valence-electron chi connectivity index (χ0n) is 86.0. The Bertz CT molecular complexity index is 5900. The first-order valence-electron chi connectivity index (χ1n) is 51.9. The number of likely N-dealkylation sites (tertiary alicyclic amines) is 2. The second-order valence-electron chi connectivity index (χ2n) is 42.8. The minimum atomic E-state index is -0.887. The van der Waals surface area contributed by atoms with Crippen molar-refractivity contribution in [2.75, 3.05) is 65.1 Å². The second-order valence-corrected chi connectivity index (χ2v) is 42.8. The van der Waals surface area contributed by atoms with Crippen LogP contribution in [-0.2, 0) is 59.5 Å². The van der Waals surface area contributed by atoms with Gasteiger partial charge in [0.15, 0.2) is 46.5 Å². The van der Waals surface area contributed by atoms with Crippen molar-refractivity contribution in [2.24, 2.45) is 41.4 Å². The number of hydrogen-bond acceptors (Lipinski definition) is 23. The smallest absolute Gasteiger partial charge is 0.239 e. The van der Waals surface area contributed by atoms with Crippen LogP contribution in [0, 0.1) is 69.1 Å². The highest BCUT2D eigenvalue weighted by Gasteiger charge is 2.45. The van der Waals surface area contributed by atoms with Crippen LogP contribution in [0.5, 0.6) is 0 Å². The highest BCUT2D eigenvalue weighted by atomic mass is 16.4. The molecule has 144 heavy (non-hydrogen) atoms. The van der Waals surface area contributed by atoms with Gasteiger partial charge >= 0.3 is 0 Å². The summed E-state index contributed by atoms with van der Waals surface area (Å²) in [4.78, 5) is 147. The maximum absolute atomic E-state index is 13.9. The van der Waals surface area contributed by atoms with E-state index < -0.39 is 35.8 Å². The Balaban J connectivity index is 0.000000181. The van der Waals surface area contributed by atoms with Gasteiger partial charge in [-0.1, -0.05) is 178 Å². The number of pyridine rings is 2. The topological polar surface area (TPSA) is 367 Å². The number of carbonyl (C=O) groups is 9. The third kappa shape index (κ3) is 32.5. The van der Waals surface area contributed by atoms with Gasteiger partial charge in [0.25, 0.3) is 0 Å². The van der Waals surface area contributed by atoms with E-state index in [1.54, 1.807) is 106 Å². The lowest BCUT2D eigenvalue weighted by Crippen LogP contribution is -2.62. The van der Waals surface area contributed by atoms with Crippen LogP contribution in [0.25, 0.3) is 0 Å². The molecule has 4 aromatic heterocycles. The van der Waals surface area contributed by atoms with Crippen molar-refractivity contribution in [1.82, 2.24) is 55.5 Å². The minimum absolute atomic E-state index is 0.0117. The van der Waals surface area contributed by atoms with Gasteiger partial charge in [-0.25, -0.2) is 9.97 Å². The highest BCUT2D eigenvalue weighted by Crippen LogP contribution is 2.42. The Morgan fingerprint density at radius 2 is 0.764 bits per heavy atom. The van der Waals surface area contributed by atoms with Gasteiger partial charge in [0.2, 0.25) is 17.7 Å². The Hall–Kier alpha value is -12.0. The molecule has 2 aliphatic carbocycles. The van der Waals surface area contributed by atoms with Gasteiger partial charge in [-0.2, -0.15) is 0 Å². The number of Topliss-reactive ketones (excluding diaryl/α,β-unsaturated/α-hetero) is 6. The number of aliphatic hydroxyl groups is 3. The Labute approximate surface area is 849 Å². The number of aromatic nitrogens is 4. The number of fused-ring (bicyclic) bond motifs is 2. The fourth-order valence-corrected chi connectivity index (χ4v) is 21.7. The summed E-state index contributed by atoms with van der Waals surface area (Å²) in [6, 6.07) is 54.9. The fraction of sp³-hybridized carbons (Fsp3) is 0.483. The van der Waals surface area contributed by atoms with Gasteiger partial charge in [-0.15, -0.1) is 0 Å². The summed E-state index contributed by atoms with van der Waals surface area (Å²) in [6.07, 6.45) is 19.6. The van der Waals surface area contributed by atoms with E-state index in [-0.39, 0.29) is 127 Å². The molecule has 2 saturated carbocycles. The third-order valence-electron chi connectivity index (χ3n) is 29.3. The minimum Gasteiger partial charge on any atom is -0.446 e. The molecule has 0 radical (unpaired) electrons. The van der Waals surface area contributed by atoms with Gasteiger partial charge in [0.1, 0.15) is 17.6 Å². The summed E-state index contributed by atoms with van der Waals surface area (Å²) >= 11 is 0. The first-order chi connectivity index (χ1) is 69.0. The maximum atomic E-state index is 13.9. The number of rotatable bonds is 41. The van der Waals surface area contributed by atoms with Crippen molar-refractivity contribution in [3.63, 3.8) is 0 Å². The standard InChI is InChI=1S/C41H51N5O5.C40H53N3O5.C37H46N4O4/c1-28-39(51-29(2)43-28)17-16-36(47)32-14-9-15-33(22-32)37(48)23-34(21-30-11-7-6-8-12-30)38(49)27-46-20-19-45(25-31-13-10-18-42-24-31)26-35(46)40(50)44-41(3,4)5;1-26-38(48-27(2)41-26)19-18-35(44)30-16-11-17-31(21-30)36(45)23-33(20-28-12-7-6-8-13-28)37(46)25-43-24-32-15-10-9-14-29(32)22-34(43)39(47)42-40(3,4)5;1-39-37(45)33-20-27-11-5-6-12-28(27)23-41(33)24-36(44)29(16-25-8-3-2-4-9-25)21-35(43)31-17-30(18-32(38)19-31)34(42)14-13-26-10-7-15-40-22-26/h6-15,18,22,24,34-35,38,49H,16-17,19-21,23,25-27H2,1-5H3,(H,44,50);6-8,11-13,16-17,21,29,32-34,37,46H,9-10,14-15,18-20,22-25H2,1-5H3,(H,42,47);2-4,7-10,15,17-19,22,27-29,33,36,44H,5-6,11-14,16,20-21,23-24,38H2,1H3,(H,39,45)/t34-,35+,38-;29-,32+,33+,34-,37+;27-,28+,29+,33-,36+/m100/s1. The molecule has 10 aromatic rings. The van der Waals surface area contributed by atoms with E-state index in [0.717, 1.165) is 97.4 Å². The van der Waals surface area contributed by atoms with Crippen LogP contribution < -0.4 is 21.7 Å². The molecule has 5 fully saturated rings. The van der Waals surface area contributed by atoms with Gasteiger partial charge in [-0.3, -0.25) is 72.7 Å². The molecule has 766 valence electrons. The van der Waals surface area contributed by atoms with E-state index in [1.165, 1.54) is 25.7 Å². The van der Waals surface area contributed by atoms with Gasteiger partial charge < -0.3 is 45.8 Å². The van der Waals surface area contributed by atoms with Gasteiger partial charge in [0, 0.05) is 206 Å². The lowest BCUT2D eigenvalue weighted by atomic mass is 9.72. The number of nitrogens with two attached hydrogens (primary N) is 1. The van der Waals surface area contributed by atoms with Crippen LogP contribution in [0.15, 0.2) is 216 Å². The lowest BCUT2D eigenvalue weighted by Gasteiger charge is -2.47. The summed E-state index contributed by atoms with van der Waals surface area (Å²) < 4.78 is 11.3. The highest BCUT2D eigenvalue weighted by molar-refractivity contribution is 6.04. The summed E-state index contributed by atoms with van der Waals surface area (Å²) in [5.41, 5.74) is 15.1. The number of aliphatic hydroxyl groups excluding tert-OH is 3. The molecule has 7 heterocycles. The Morgan fingerprint density at radius 3 is 1.17 bits per heavy atom. The molecule has 3 amide bonds. The normalized spacial score (nSPS) is 19.7. The van der Waals surface area contributed by atoms with Gasteiger partial charge in [0.05, 0.1) is 41.8 Å². The van der Waals surface area contributed by atoms with Crippen molar-refractivity contribution in [3.8, 4) is 0 Å². The molecule has 3 saturated heterocycles. The summed E-state index contributed by atoms with van der Waals surface area (Å²) in [6.45, 7) is 24.1. The van der Waals surface area contributed by atoms with Crippen LogP contribution >= 0.6 is 0 Å². The third-order valence-corrected chi connectivity index (χ3v) is 29.3. The van der Waals surface area contributed by atoms with Crippen molar-refractivity contribution in [1.29, 1.82) is 0 Å². The molecular weight excluding hydrogens is 1810 g/mol. The number of nitrogens with one attached hydrogen (secondary N) is 3. The molecule has 15 rings (SSSR count). The number of nitrogen functional groups attached to an aromatic ring is 1. The number of piperazine rings is 1. The number of aryl methyl sites for hydroxylation is 7. The van der Waals surface area contributed by atoms with E-state index in [2.05, 4.69) is 55.5 Å². The molecule has 13 atom stereocenters. The number of nitrogens with zero attached hydrogens (tertiary/aromatic N) is 8. The molecule has 3 aliphatic heterocycles. The van der Waals surface area contributed by atoms with E-state index in [1.807, 2.05) is 177 Å². The molecule has 6 aromatic carbocycles. The van der Waals surface area contributed by atoms with Crippen LogP contribution in [0.4, 0.5) is 5.69 Å². The van der Waals surface area contributed by atoms with E-state index in [4.69, 9.17) is 14.6 Å². The van der Waals surface area contributed by atoms with Crippen molar-refractivity contribution in [2.45, 2.75) is 265 Å². The summed E-state index contributed by atoms with van der Waals surface area (Å²) in [5.74, 6) is 2.76. The average Bonchev–Trinajstić information content (AvgIpc) is 0.946. The number of hydrogen-bond donors (Lipinski definition) is 7. The quantitative estimate of drug-likeness (QED) is 0.0138. The van der Waals surface area contributed by atoms with Crippen LogP contribution in [0.3, 0.4) is 0 Å². The predicted molar refractivity (Wildman–Crippen MR) is 559 cm³/mol. The van der Waals surface area contributed by atoms with Crippen LogP contribution in [-0.4, -0.2) is 214 Å². The number of anilines is 1. The van der Waals surface area contributed by atoms with E-state index >= 15 is 0 Å². The predicted octanol–water partition coefficient (Wildman–Crippen LogP) is 17.0. The van der Waals surface area contributed by atoms with Crippen molar-refractivity contribution >= 4 is 58.1 Å². The summed E-state index contributed by atoms with van der Waals surface area (Å²) in [5, 5.41) is 44.7. The molecular formula is C118H150N12O14. The first kappa shape index (κ1) is 109. The summed E-state index contributed by atoms with van der Waals surface area (Å²) in [7, 11) is 1.67. The number of likely N-dealkylation sites (N-methyl/N-ethyl adjacent to an activating group) is 1. The molecule has 0 spiro atoms. The Kier molecular flexibility index (Phi) is 39.6. The number of carbonyl (C=O) groups excluding carboxylic acids is 9. The average molecular weight is 1960 g/mol. The zero-order chi connectivity index (χ0) is 103. The van der Waals surface area contributed by atoms with Crippen LogP contribution in [0.1, 0.15) is 269 Å². The fourth-order valence-electron chi connectivity index (χ4n) is 21.7. The molecule has 8 N–H and O–H groups in total. The number of benzene rings is 6. The largest absolute Gasteiger partial charge is 0.446 e. The zero-order valence-corrected chi connectivity index (χ0v) is 86.0. The number of piperidine rings is 2. The number of ketones is 6. The maximum Gasteiger partial charge on any atom is 0.239 e. The molecule has 5 aliphatic rings. The number of amides is 3. The van der Waals surface area contributed by atoms with E-state index in [0.29, 0.717) is 157 Å². The first-order valence-corrected chi connectivity index (χ1v) is 51.9. The van der Waals surface area contributed by atoms with E-state index in [9.17, 15) is 58.5 Å². The number of oxazole rings is 2. The molecule has 0 bridgehead atoms. The van der Waals surface area contributed by atoms with Crippen molar-refractivity contribution < 1.29 is 67.3 Å². The second kappa shape index (κ2) is 52.2. The molecule has 26 heteroatoms. The SMILES string of the molecule is CNC(=O)[C@@H]1C[C@@H]2CCCC[C@@H]2CN1C[C@@H](O)[C@@H](CC(=O)c1cc(N)cc(C(=O)CCc2cccnc2)c1)Cc1ccccc1.Cc1nc(C)c(CCC(=O)c2cccc(C(=O)C[C@@H](Cc3ccccc3)[C@H](O)CN3CCN(Cc4cccnc4)C[C@H]3C(=O)NC(C)(C)C)c2)o1.Cc1nc(C)c(CCC(=O)c2cccc(C(=O)C[C@@H](Cc3ccccc3)[C@H](O)CN3C[C@H]4CCCC[C@H]4C[C@H]3C(=O)NC(C)(C)C)c2)o1. The van der Waals surface area contributed by atoms with Crippen LogP contribution in [0.2, 0.25) is 0 Å². The number of β-amino-alcohol motifs (C(OH)–C–C–N with tert-alkyl or cyclic N) is 3. The Morgan fingerprint density at radius 1 is 0.403 bits per heavy atom. The lowest BCUT2D eigenvalue weighted by molar-refractivity contribution is -0.133. The molecule has 0 unspecified atom stereocenters. The monoisotopic (exact) mass is 1960 g/mol. The molecule has 26 nitrogen and oxygen atoms in total. The van der Waals surface area contributed by atoms with Crippen molar-refractivity contribution in [3.05, 3.63) is 303 Å². The van der Waals surface area contributed by atoms with Gasteiger partial charge in [-0.05, 0) is 218 Å².